The molecule has 1 spiro atoms. The molecule has 3 aliphatic rings. The van der Waals surface area contributed by atoms with Gasteiger partial charge in [-0.2, -0.15) is 0 Å². The number of carbonyl (C=O) groups excluding carboxylic acids is 1. The first-order valence-electron chi connectivity index (χ1n) is 7.59. The van der Waals surface area contributed by atoms with Crippen molar-refractivity contribution < 1.29 is 19.0 Å². The van der Waals surface area contributed by atoms with Gasteiger partial charge in [-0.05, 0) is 37.5 Å². The lowest BCUT2D eigenvalue weighted by molar-refractivity contribution is 0.00988. The van der Waals surface area contributed by atoms with E-state index in [-0.39, 0.29) is 24.3 Å². The smallest absolute Gasteiger partial charge is 0.251 e. The molecule has 0 aromatic heterocycles. The number of ether oxygens (including phenoxy) is 3. The molecule has 1 aromatic rings. The van der Waals surface area contributed by atoms with E-state index in [4.69, 9.17) is 14.2 Å². The van der Waals surface area contributed by atoms with E-state index in [0.29, 0.717) is 23.7 Å². The highest BCUT2D eigenvalue weighted by Crippen LogP contribution is 2.41. The van der Waals surface area contributed by atoms with Crippen molar-refractivity contribution in [3.63, 3.8) is 0 Å². The standard InChI is InChI=1S/C16H19NO4/c18-15(11-3-4-13-14(7-11)20-10-19-13)17-12-8-16(21-9-12)5-1-2-6-16/h3-4,7,12H,1-2,5-6,8-10H2,(H,17,18). The molecule has 0 bridgehead atoms. The summed E-state index contributed by atoms with van der Waals surface area (Å²) in [5.41, 5.74) is 0.638. The monoisotopic (exact) mass is 289 g/mol. The second-order valence-corrected chi connectivity index (χ2v) is 6.14. The number of hydrogen-bond acceptors (Lipinski definition) is 4. The molecule has 1 aliphatic carbocycles. The van der Waals surface area contributed by atoms with Crippen molar-refractivity contribution in [3.8, 4) is 11.5 Å². The van der Waals surface area contributed by atoms with Crippen molar-refractivity contribution >= 4 is 5.91 Å². The average molecular weight is 289 g/mol. The van der Waals surface area contributed by atoms with Crippen molar-refractivity contribution in [2.24, 2.45) is 0 Å². The molecule has 1 N–H and O–H groups in total. The fraction of sp³-hybridized carbons (Fsp3) is 0.562. The zero-order valence-corrected chi connectivity index (χ0v) is 11.9. The summed E-state index contributed by atoms with van der Waals surface area (Å²) in [4.78, 5) is 12.3. The van der Waals surface area contributed by atoms with Crippen LogP contribution in [0.5, 0.6) is 11.5 Å². The second kappa shape index (κ2) is 4.91. The highest BCUT2D eigenvalue weighted by molar-refractivity contribution is 5.95. The van der Waals surface area contributed by atoms with Crippen LogP contribution in [0.1, 0.15) is 42.5 Å². The van der Waals surface area contributed by atoms with Gasteiger partial charge in [0, 0.05) is 5.56 Å². The van der Waals surface area contributed by atoms with Gasteiger partial charge in [-0.25, -0.2) is 0 Å². The SMILES string of the molecule is O=C(NC1COC2(CCCC2)C1)c1ccc2c(c1)OCO2. The minimum Gasteiger partial charge on any atom is -0.454 e. The predicted molar refractivity (Wildman–Crippen MR) is 75.6 cm³/mol. The third-order valence-corrected chi connectivity index (χ3v) is 4.69. The van der Waals surface area contributed by atoms with Crippen LogP contribution in [0.15, 0.2) is 18.2 Å². The largest absolute Gasteiger partial charge is 0.454 e. The molecule has 112 valence electrons. The number of nitrogens with one attached hydrogen (secondary N) is 1. The first-order valence-corrected chi connectivity index (χ1v) is 7.59. The Labute approximate surface area is 123 Å². The lowest BCUT2D eigenvalue weighted by Crippen LogP contribution is -2.36. The summed E-state index contributed by atoms with van der Waals surface area (Å²) < 4.78 is 16.5. The maximum absolute atomic E-state index is 12.3. The zero-order valence-electron chi connectivity index (χ0n) is 11.9. The molecular formula is C16H19NO4. The van der Waals surface area contributed by atoms with Gasteiger partial charge in [-0.3, -0.25) is 4.79 Å². The summed E-state index contributed by atoms with van der Waals surface area (Å²) >= 11 is 0. The Balaban J connectivity index is 1.42. The Bertz CT molecular complexity index is 565. The minimum absolute atomic E-state index is 0.0346. The van der Waals surface area contributed by atoms with Crippen LogP contribution < -0.4 is 14.8 Å². The third kappa shape index (κ3) is 2.35. The van der Waals surface area contributed by atoms with Crippen LogP contribution in [0, 0.1) is 0 Å². The molecule has 1 unspecified atom stereocenters. The predicted octanol–water partition coefficient (Wildman–Crippen LogP) is 2.25. The number of benzene rings is 1. The Hall–Kier alpha value is -1.75. The Kier molecular flexibility index (Phi) is 3.03. The number of rotatable bonds is 2. The van der Waals surface area contributed by atoms with Gasteiger partial charge in [0.05, 0.1) is 18.2 Å². The van der Waals surface area contributed by atoms with Crippen LogP contribution in [0.25, 0.3) is 0 Å². The molecule has 5 nitrogen and oxygen atoms in total. The fourth-order valence-corrected chi connectivity index (χ4v) is 3.61. The Morgan fingerprint density at radius 2 is 2.00 bits per heavy atom. The van der Waals surface area contributed by atoms with Crippen LogP contribution in [0.3, 0.4) is 0 Å². The van der Waals surface area contributed by atoms with Crippen LogP contribution >= 0.6 is 0 Å². The molecular weight excluding hydrogens is 270 g/mol. The molecule has 1 amide bonds. The summed E-state index contributed by atoms with van der Waals surface area (Å²) in [5.74, 6) is 1.26. The van der Waals surface area contributed by atoms with Crippen LogP contribution in [0.2, 0.25) is 0 Å². The van der Waals surface area contributed by atoms with Gasteiger partial charge < -0.3 is 19.5 Å². The fourth-order valence-electron chi connectivity index (χ4n) is 3.61. The summed E-state index contributed by atoms with van der Waals surface area (Å²) in [6.45, 7) is 0.843. The van der Waals surface area contributed by atoms with E-state index in [1.54, 1.807) is 18.2 Å². The molecule has 4 rings (SSSR count). The number of hydrogen-bond donors (Lipinski definition) is 1. The number of amides is 1. The van der Waals surface area contributed by atoms with Crippen LogP contribution in [-0.4, -0.2) is 30.9 Å². The highest BCUT2D eigenvalue weighted by atomic mass is 16.7. The number of fused-ring (bicyclic) bond motifs is 1. The van der Waals surface area contributed by atoms with Gasteiger partial charge in [0.25, 0.3) is 5.91 Å². The topological polar surface area (TPSA) is 56.8 Å². The van der Waals surface area contributed by atoms with E-state index in [0.717, 1.165) is 19.3 Å². The summed E-state index contributed by atoms with van der Waals surface area (Å²) in [5, 5.41) is 3.08. The molecule has 2 aliphatic heterocycles. The number of carbonyl (C=O) groups is 1. The van der Waals surface area contributed by atoms with Gasteiger partial charge in [-0.1, -0.05) is 12.8 Å². The van der Waals surface area contributed by atoms with E-state index in [9.17, 15) is 4.79 Å². The highest BCUT2D eigenvalue weighted by Gasteiger charge is 2.42. The van der Waals surface area contributed by atoms with E-state index < -0.39 is 0 Å². The molecule has 2 heterocycles. The maximum Gasteiger partial charge on any atom is 0.251 e. The molecule has 1 atom stereocenters. The van der Waals surface area contributed by atoms with Crippen LogP contribution in [0.4, 0.5) is 0 Å². The quantitative estimate of drug-likeness (QED) is 0.907. The Morgan fingerprint density at radius 3 is 2.86 bits per heavy atom. The van der Waals surface area contributed by atoms with Crippen molar-refractivity contribution in [1.82, 2.24) is 5.32 Å². The zero-order chi connectivity index (χ0) is 14.3. The van der Waals surface area contributed by atoms with E-state index in [2.05, 4.69) is 5.32 Å². The van der Waals surface area contributed by atoms with Crippen LogP contribution in [-0.2, 0) is 4.74 Å². The first kappa shape index (κ1) is 13.0. The first-order chi connectivity index (χ1) is 10.2. The van der Waals surface area contributed by atoms with Gasteiger partial charge in [-0.15, -0.1) is 0 Å². The molecule has 21 heavy (non-hydrogen) atoms. The molecule has 1 aromatic carbocycles. The van der Waals surface area contributed by atoms with Gasteiger partial charge in [0.15, 0.2) is 11.5 Å². The van der Waals surface area contributed by atoms with E-state index >= 15 is 0 Å². The molecule has 2 fully saturated rings. The summed E-state index contributed by atoms with van der Waals surface area (Å²) in [6.07, 6.45) is 5.67. The molecule has 0 radical (unpaired) electrons. The molecule has 1 saturated carbocycles. The van der Waals surface area contributed by atoms with Gasteiger partial charge >= 0.3 is 0 Å². The minimum atomic E-state index is -0.0723. The summed E-state index contributed by atoms with van der Waals surface area (Å²) in [7, 11) is 0. The van der Waals surface area contributed by atoms with Gasteiger partial charge in [0.1, 0.15) is 0 Å². The van der Waals surface area contributed by atoms with Crippen molar-refractivity contribution in [2.45, 2.75) is 43.7 Å². The lowest BCUT2D eigenvalue weighted by atomic mass is 9.96. The molecule has 5 heteroatoms. The van der Waals surface area contributed by atoms with E-state index in [1.165, 1.54) is 12.8 Å². The summed E-state index contributed by atoms with van der Waals surface area (Å²) in [6, 6.07) is 5.39. The maximum atomic E-state index is 12.3. The van der Waals surface area contributed by atoms with E-state index in [1.807, 2.05) is 0 Å². The Morgan fingerprint density at radius 1 is 1.19 bits per heavy atom. The average Bonchev–Trinajstić information content (AvgIpc) is 3.21. The third-order valence-electron chi connectivity index (χ3n) is 4.69. The molecule has 1 saturated heterocycles. The normalized spacial score (nSPS) is 25.4. The van der Waals surface area contributed by atoms with Crippen molar-refractivity contribution in [3.05, 3.63) is 23.8 Å². The van der Waals surface area contributed by atoms with Crippen molar-refractivity contribution in [2.75, 3.05) is 13.4 Å². The second-order valence-electron chi connectivity index (χ2n) is 6.14. The van der Waals surface area contributed by atoms with Gasteiger partial charge in [0.2, 0.25) is 6.79 Å². The lowest BCUT2D eigenvalue weighted by Gasteiger charge is -2.21. The van der Waals surface area contributed by atoms with Crippen molar-refractivity contribution in [1.29, 1.82) is 0 Å².